The van der Waals surface area contributed by atoms with Gasteiger partial charge in [0.15, 0.2) is 11.6 Å². The predicted molar refractivity (Wildman–Crippen MR) is 70.9 cm³/mol. The molecule has 1 aromatic rings. The minimum atomic E-state index is -1.46. The van der Waals surface area contributed by atoms with Crippen molar-refractivity contribution in [1.82, 2.24) is 10.4 Å². The van der Waals surface area contributed by atoms with E-state index < -0.39 is 29.2 Å². The Labute approximate surface area is 119 Å². The number of carbonyl (C=O) groups is 2. The van der Waals surface area contributed by atoms with Gasteiger partial charge in [-0.25, -0.2) is 23.4 Å². The van der Waals surface area contributed by atoms with Gasteiger partial charge in [-0.1, -0.05) is 6.42 Å². The molecule has 114 valence electrons. The third-order valence-corrected chi connectivity index (χ3v) is 3.15. The van der Waals surface area contributed by atoms with E-state index in [9.17, 15) is 18.4 Å². The number of hydrogen-bond acceptors (Lipinski definition) is 3. The molecule has 1 saturated heterocycles. The molecule has 6 nitrogen and oxygen atoms in total. The van der Waals surface area contributed by atoms with E-state index in [1.54, 1.807) is 5.01 Å². The van der Waals surface area contributed by atoms with Crippen LogP contribution in [0.25, 0.3) is 0 Å². The minimum absolute atomic E-state index is 0.295. The Morgan fingerprint density at radius 3 is 2.33 bits per heavy atom. The number of carboxylic acids is 1. The Morgan fingerprint density at radius 1 is 1.10 bits per heavy atom. The topological polar surface area (TPSA) is 81.7 Å². The predicted octanol–water partition coefficient (Wildman–Crippen LogP) is 2.19. The number of carbonyl (C=O) groups excluding carboxylic acids is 1. The maximum atomic E-state index is 13.2. The van der Waals surface area contributed by atoms with Gasteiger partial charge in [-0.05, 0) is 18.9 Å². The van der Waals surface area contributed by atoms with Crippen molar-refractivity contribution < 1.29 is 23.5 Å². The number of hydrogen-bond donors (Lipinski definition) is 3. The summed E-state index contributed by atoms with van der Waals surface area (Å²) < 4.78 is 26.2. The molecule has 0 bridgehead atoms. The van der Waals surface area contributed by atoms with E-state index in [0.717, 1.165) is 19.3 Å². The zero-order valence-electron chi connectivity index (χ0n) is 11.2. The molecule has 1 fully saturated rings. The van der Waals surface area contributed by atoms with E-state index >= 15 is 0 Å². The maximum absolute atomic E-state index is 13.2. The summed E-state index contributed by atoms with van der Waals surface area (Å²) in [6.07, 6.45) is 2.99. The van der Waals surface area contributed by atoms with Gasteiger partial charge in [-0.15, -0.1) is 0 Å². The van der Waals surface area contributed by atoms with Crippen LogP contribution < -0.4 is 10.7 Å². The lowest BCUT2D eigenvalue weighted by Crippen LogP contribution is -2.46. The number of anilines is 1. The van der Waals surface area contributed by atoms with Crippen molar-refractivity contribution in [2.24, 2.45) is 0 Å². The Bertz CT molecular complexity index is 560. The van der Waals surface area contributed by atoms with E-state index in [0.29, 0.717) is 25.2 Å². The lowest BCUT2D eigenvalue weighted by molar-refractivity contribution is 0.0697. The molecule has 3 N–H and O–H groups in total. The van der Waals surface area contributed by atoms with Crippen LogP contribution in [0.15, 0.2) is 12.1 Å². The highest BCUT2D eigenvalue weighted by atomic mass is 19.2. The molecule has 0 radical (unpaired) electrons. The van der Waals surface area contributed by atoms with E-state index in [1.165, 1.54) is 0 Å². The lowest BCUT2D eigenvalue weighted by Gasteiger charge is -2.26. The summed E-state index contributed by atoms with van der Waals surface area (Å²) in [5.41, 5.74) is 1.73. The summed E-state index contributed by atoms with van der Waals surface area (Å²) in [5.74, 6) is -3.97. The SMILES string of the molecule is O=C(Nc1cc(F)c(F)cc1C(=O)O)NN1CCCCC1. The first-order valence-electron chi connectivity index (χ1n) is 6.52. The fourth-order valence-corrected chi connectivity index (χ4v) is 2.13. The standard InChI is InChI=1S/C13H15F2N3O3/c14-9-6-8(12(19)20)11(7-10(9)15)16-13(21)17-18-4-2-1-3-5-18/h6-7H,1-5H2,(H,19,20)(H2,16,17,21). The van der Waals surface area contributed by atoms with Crippen molar-refractivity contribution in [2.75, 3.05) is 18.4 Å². The number of carboxylic acid groups (broad SMARTS) is 1. The Hall–Kier alpha value is -2.22. The molecule has 0 saturated carbocycles. The third-order valence-electron chi connectivity index (χ3n) is 3.15. The van der Waals surface area contributed by atoms with Gasteiger partial charge < -0.3 is 10.4 Å². The molecule has 8 heteroatoms. The second kappa shape index (κ2) is 6.49. The van der Waals surface area contributed by atoms with Crippen molar-refractivity contribution >= 4 is 17.7 Å². The summed E-state index contributed by atoms with van der Waals surface area (Å²) in [4.78, 5) is 22.8. The number of halogens is 2. The highest BCUT2D eigenvalue weighted by Crippen LogP contribution is 2.20. The highest BCUT2D eigenvalue weighted by Gasteiger charge is 2.18. The normalized spacial score (nSPS) is 15.5. The first-order valence-corrected chi connectivity index (χ1v) is 6.52. The number of piperidine rings is 1. The summed E-state index contributed by atoms with van der Waals surface area (Å²) in [7, 11) is 0. The number of nitrogens with zero attached hydrogens (tertiary/aromatic N) is 1. The van der Waals surface area contributed by atoms with Gasteiger partial charge in [-0.2, -0.15) is 0 Å². The molecular formula is C13H15F2N3O3. The molecule has 1 aliphatic heterocycles. The summed E-state index contributed by atoms with van der Waals surface area (Å²) in [5, 5.41) is 12.9. The molecule has 1 heterocycles. The van der Waals surface area contributed by atoms with Crippen LogP contribution in [0.3, 0.4) is 0 Å². The fourth-order valence-electron chi connectivity index (χ4n) is 2.13. The molecule has 0 aliphatic carbocycles. The monoisotopic (exact) mass is 299 g/mol. The number of amides is 2. The van der Waals surface area contributed by atoms with Gasteiger partial charge in [0.25, 0.3) is 0 Å². The number of benzene rings is 1. The first-order chi connectivity index (χ1) is 9.97. The van der Waals surface area contributed by atoms with Crippen molar-refractivity contribution in [3.8, 4) is 0 Å². The van der Waals surface area contributed by atoms with E-state index in [-0.39, 0.29) is 5.69 Å². The van der Waals surface area contributed by atoms with Crippen LogP contribution in [-0.4, -0.2) is 35.2 Å². The fraction of sp³-hybridized carbons (Fsp3) is 0.385. The zero-order valence-corrected chi connectivity index (χ0v) is 11.2. The summed E-state index contributed by atoms with van der Waals surface area (Å²) in [6.45, 7) is 1.38. The molecular weight excluding hydrogens is 284 g/mol. The second-order valence-corrected chi connectivity index (χ2v) is 4.73. The van der Waals surface area contributed by atoms with Crippen molar-refractivity contribution in [1.29, 1.82) is 0 Å². The van der Waals surface area contributed by atoms with Crippen LogP contribution in [0.2, 0.25) is 0 Å². The van der Waals surface area contributed by atoms with Gasteiger partial charge in [0.2, 0.25) is 0 Å². The van der Waals surface area contributed by atoms with E-state index in [1.807, 2.05) is 0 Å². The number of hydrazine groups is 1. The Morgan fingerprint density at radius 2 is 1.71 bits per heavy atom. The smallest absolute Gasteiger partial charge is 0.337 e. The highest BCUT2D eigenvalue weighted by molar-refractivity contribution is 5.99. The van der Waals surface area contributed by atoms with Crippen LogP contribution in [0.5, 0.6) is 0 Å². The average molecular weight is 299 g/mol. The van der Waals surface area contributed by atoms with Crippen LogP contribution in [0.4, 0.5) is 19.3 Å². The van der Waals surface area contributed by atoms with Crippen molar-refractivity contribution in [3.63, 3.8) is 0 Å². The first kappa shape index (κ1) is 15.2. The second-order valence-electron chi connectivity index (χ2n) is 4.73. The molecule has 0 spiro atoms. The van der Waals surface area contributed by atoms with Crippen molar-refractivity contribution in [2.45, 2.75) is 19.3 Å². The molecule has 0 atom stereocenters. The van der Waals surface area contributed by atoms with E-state index in [4.69, 9.17) is 5.11 Å². The Balaban J connectivity index is 2.09. The minimum Gasteiger partial charge on any atom is -0.478 e. The number of rotatable bonds is 3. The molecule has 0 aromatic heterocycles. The van der Waals surface area contributed by atoms with Crippen LogP contribution in [0, 0.1) is 11.6 Å². The summed E-state index contributed by atoms with van der Waals surface area (Å²) >= 11 is 0. The van der Waals surface area contributed by atoms with Crippen LogP contribution in [-0.2, 0) is 0 Å². The lowest BCUT2D eigenvalue weighted by atomic mass is 10.1. The average Bonchev–Trinajstić information content (AvgIpc) is 2.43. The quantitative estimate of drug-likeness (QED) is 0.799. The van der Waals surface area contributed by atoms with Crippen LogP contribution >= 0.6 is 0 Å². The largest absolute Gasteiger partial charge is 0.478 e. The molecule has 21 heavy (non-hydrogen) atoms. The summed E-state index contributed by atoms with van der Waals surface area (Å²) in [6, 6.07) is 0.494. The maximum Gasteiger partial charge on any atom is 0.337 e. The van der Waals surface area contributed by atoms with Gasteiger partial charge in [0.1, 0.15) is 0 Å². The van der Waals surface area contributed by atoms with Gasteiger partial charge in [0, 0.05) is 19.2 Å². The number of aromatic carboxylic acids is 1. The van der Waals surface area contributed by atoms with Crippen LogP contribution in [0.1, 0.15) is 29.6 Å². The molecule has 1 aliphatic rings. The molecule has 0 unspecified atom stereocenters. The number of nitrogens with one attached hydrogen (secondary N) is 2. The molecule has 2 amide bonds. The van der Waals surface area contributed by atoms with E-state index in [2.05, 4.69) is 10.7 Å². The third kappa shape index (κ3) is 3.88. The zero-order chi connectivity index (χ0) is 15.4. The van der Waals surface area contributed by atoms with Gasteiger partial charge in [-0.3, -0.25) is 5.43 Å². The Kier molecular flexibility index (Phi) is 4.69. The van der Waals surface area contributed by atoms with Gasteiger partial charge in [0.05, 0.1) is 11.3 Å². The van der Waals surface area contributed by atoms with Gasteiger partial charge >= 0.3 is 12.0 Å². The van der Waals surface area contributed by atoms with Crippen molar-refractivity contribution in [3.05, 3.63) is 29.3 Å². The number of urea groups is 1. The molecule has 1 aromatic carbocycles. The molecule has 2 rings (SSSR count).